The van der Waals surface area contributed by atoms with E-state index in [1.54, 1.807) is 18.0 Å². The number of esters is 1. The Morgan fingerprint density at radius 1 is 1.38 bits per heavy atom. The van der Waals surface area contributed by atoms with Gasteiger partial charge in [0.05, 0.1) is 6.61 Å². The van der Waals surface area contributed by atoms with Crippen LogP contribution in [0, 0.1) is 0 Å². The van der Waals surface area contributed by atoms with Gasteiger partial charge in [-0.15, -0.1) is 0 Å². The third-order valence-electron chi connectivity index (χ3n) is 2.54. The summed E-state index contributed by atoms with van der Waals surface area (Å²) in [4.78, 5) is 24.4. The van der Waals surface area contributed by atoms with E-state index in [1.165, 1.54) is 6.08 Å². The predicted octanol–water partition coefficient (Wildman–Crippen LogP) is 1.86. The summed E-state index contributed by atoms with van der Waals surface area (Å²) in [6.45, 7) is 2.82. The zero-order valence-corrected chi connectivity index (χ0v) is 9.78. The largest absolute Gasteiger partial charge is 0.463 e. The van der Waals surface area contributed by atoms with Crippen LogP contribution in [-0.2, 0) is 14.3 Å². The lowest BCUT2D eigenvalue weighted by atomic mass is 10.1. The zero-order chi connectivity index (χ0) is 11.8. The lowest BCUT2D eigenvalue weighted by molar-refractivity contribution is -0.137. The maximum atomic E-state index is 11.7. The molecule has 1 rings (SSSR count). The van der Waals surface area contributed by atoms with Crippen LogP contribution in [0.3, 0.4) is 0 Å². The van der Waals surface area contributed by atoms with Gasteiger partial charge in [0.15, 0.2) is 0 Å². The van der Waals surface area contributed by atoms with Crippen molar-refractivity contribution >= 4 is 11.9 Å². The number of nitrogens with zero attached hydrogens (tertiary/aromatic N) is 1. The molecular formula is C12H19NO3. The maximum Gasteiger partial charge on any atom is 0.332 e. The second kappa shape index (κ2) is 7.04. The molecule has 0 saturated carbocycles. The number of carbonyl (C=O) groups is 2. The fourth-order valence-corrected chi connectivity index (χ4v) is 1.68. The summed E-state index contributed by atoms with van der Waals surface area (Å²) in [5.74, 6) is -0.294. The standard InChI is InChI=1S/C12H19NO3/c1-2-16-12(15)8-10-13-9-6-4-3-5-7-11(13)14/h8,10H,2-7,9H2,1H3/b10-8+. The monoisotopic (exact) mass is 225 g/mol. The van der Waals surface area contributed by atoms with Crippen molar-refractivity contribution in [1.29, 1.82) is 0 Å². The smallest absolute Gasteiger partial charge is 0.332 e. The second-order valence-corrected chi connectivity index (χ2v) is 3.82. The Balaban J connectivity index is 2.48. The normalized spacial score (nSPS) is 18.3. The molecule has 0 spiro atoms. The van der Waals surface area contributed by atoms with E-state index in [1.807, 2.05) is 0 Å². The Bertz CT molecular complexity index is 273. The van der Waals surface area contributed by atoms with Crippen molar-refractivity contribution in [2.45, 2.75) is 39.0 Å². The second-order valence-electron chi connectivity index (χ2n) is 3.82. The molecule has 0 aliphatic carbocycles. The summed E-state index contributed by atoms with van der Waals surface area (Å²) in [7, 11) is 0. The number of rotatable bonds is 3. The highest BCUT2D eigenvalue weighted by Crippen LogP contribution is 2.11. The van der Waals surface area contributed by atoms with Crippen molar-refractivity contribution in [3.05, 3.63) is 12.3 Å². The van der Waals surface area contributed by atoms with Crippen LogP contribution in [0.25, 0.3) is 0 Å². The molecule has 1 aliphatic rings. The molecule has 0 aromatic heterocycles. The van der Waals surface area contributed by atoms with Crippen LogP contribution < -0.4 is 0 Å². The number of carbonyl (C=O) groups excluding carboxylic acids is 2. The molecule has 16 heavy (non-hydrogen) atoms. The van der Waals surface area contributed by atoms with E-state index in [9.17, 15) is 9.59 Å². The van der Waals surface area contributed by atoms with Gasteiger partial charge in [0, 0.05) is 25.2 Å². The van der Waals surface area contributed by atoms with E-state index < -0.39 is 5.97 Å². The van der Waals surface area contributed by atoms with E-state index in [4.69, 9.17) is 4.74 Å². The highest BCUT2D eigenvalue weighted by Gasteiger charge is 2.13. The number of amides is 1. The summed E-state index contributed by atoms with van der Waals surface area (Å²) < 4.78 is 4.76. The third-order valence-corrected chi connectivity index (χ3v) is 2.54. The van der Waals surface area contributed by atoms with Crippen LogP contribution in [0.15, 0.2) is 12.3 Å². The molecule has 90 valence electrons. The van der Waals surface area contributed by atoms with Crippen LogP contribution in [0.4, 0.5) is 0 Å². The Labute approximate surface area is 96.3 Å². The molecule has 4 heteroatoms. The van der Waals surface area contributed by atoms with Gasteiger partial charge >= 0.3 is 5.97 Å². The zero-order valence-electron chi connectivity index (χ0n) is 9.78. The Morgan fingerprint density at radius 2 is 2.12 bits per heavy atom. The third kappa shape index (κ3) is 4.47. The average Bonchev–Trinajstić information content (AvgIpc) is 2.23. The van der Waals surface area contributed by atoms with Crippen molar-refractivity contribution in [3.63, 3.8) is 0 Å². The van der Waals surface area contributed by atoms with Gasteiger partial charge in [0.25, 0.3) is 0 Å². The molecule has 0 radical (unpaired) electrons. The van der Waals surface area contributed by atoms with Crippen molar-refractivity contribution in [1.82, 2.24) is 4.90 Å². The van der Waals surface area contributed by atoms with Gasteiger partial charge < -0.3 is 9.64 Å². The molecule has 0 atom stereocenters. The summed E-state index contributed by atoms with van der Waals surface area (Å²) in [6, 6.07) is 0. The first-order chi connectivity index (χ1) is 7.74. The van der Waals surface area contributed by atoms with Crippen LogP contribution in [0.5, 0.6) is 0 Å². The van der Waals surface area contributed by atoms with Gasteiger partial charge in [-0.05, 0) is 19.8 Å². The summed E-state index contributed by atoms with van der Waals surface area (Å²) >= 11 is 0. The molecule has 0 aromatic carbocycles. The molecule has 1 saturated heterocycles. The van der Waals surface area contributed by atoms with Crippen LogP contribution in [0.2, 0.25) is 0 Å². The maximum absolute atomic E-state index is 11.7. The van der Waals surface area contributed by atoms with E-state index in [-0.39, 0.29) is 5.91 Å². The number of likely N-dealkylation sites (tertiary alicyclic amines) is 1. The average molecular weight is 225 g/mol. The Morgan fingerprint density at radius 3 is 2.88 bits per heavy atom. The number of hydrogen-bond donors (Lipinski definition) is 0. The Kier molecular flexibility index (Phi) is 5.61. The molecule has 0 aromatic rings. The lowest BCUT2D eigenvalue weighted by Gasteiger charge is -2.20. The predicted molar refractivity (Wildman–Crippen MR) is 60.6 cm³/mol. The highest BCUT2D eigenvalue weighted by atomic mass is 16.5. The van der Waals surface area contributed by atoms with Crippen molar-refractivity contribution in [3.8, 4) is 0 Å². The minimum absolute atomic E-state index is 0.0975. The molecule has 0 unspecified atom stereocenters. The summed E-state index contributed by atoms with van der Waals surface area (Å²) in [6.07, 6.45) is 7.67. The van der Waals surface area contributed by atoms with Crippen LogP contribution >= 0.6 is 0 Å². The molecule has 4 nitrogen and oxygen atoms in total. The fraction of sp³-hybridized carbons (Fsp3) is 0.667. The first kappa shape index (κ1) is 12.7. The van der Waals surface area contributed by atoms with Crippen molar-refractivity contribution < 1.29 is 14.3 Å². The van der Waals surface area contributed by atoms with Gasteiger partial charge in [0.1, 0.15) is 0 Å². The first-order valence-corrected chi connectivity index (χ1v) is 5.88. The molecule has 1 fully saturated rings. The van der Waals surface area contributed by atoms with Gasteiger partial charge in [0.2, 0.25) is 5.91 Å². The molecule has 0 bridgehead atoms. The SMILES string of the molecule is CCOC(=O)/C=C/N1CCCCCCC1=O. The van der Waals surface area contributed by atoms with Crippen molar-refractivity contribution in [2.24, 2.45) is 0 Å². The summed E-state index contributed by atoms with van der Waals surface area (Å²) in [5.41, 5.74) is 0. The fourth-order valence-electron chi connectivity index (χ4n) is 1.68. The lowest BCUT2D eigenvalue weighted by Crippen LogP contribution is -2.28. The minimum Gasteiger partial charge on any atom is -0.463 e. The number of ether oxygens (including phenoxy) is 1. The molecule has 0 N–H and O–H groups in total. The van der Waals surface area contributed by atoms with E-state index >= 15 is 0 Å². The molecule has 1 heterocycles. The first-order valence-electron chi connectivity index (χ1n) is 5.88. The van der Waals surface area contributed by atoms with Gasteiger partial charge in [-0.25, -0.2) is 4.79 Å². The molecule has 1 aliphatic heterocycles. The van der Waals surface area contributed by atoms with E-state index in [0.717, 1.165) is 25.7 Å². The van der Waals surface area contributed by atoms with Crippen molar-refractivity contribution in [2.75, 3.05) is 13.2 Å². The number of hydrogen-bond acceptors (Lipinski definition) is 3. The summed E-state index contributed by atoms with van der Waals surface area (Å²) in [5, 5.41) is 0. The van der Waals surface area contributed by atoms with Crippen LogP contribution in [0.1, 0.15) is 39.0 Å². The highest BCUT2D eigenvalue weighted by molar-refractivity contribution is 5.83. The van der Waals surface area contributed by atoms with Gasteiger partial charge in [-0.2, -0.15) is 0 Å². The molecule has 1 amide bonds. The minimum atomic E-state index is -0.391. The Hall–Kier alpha value is -1.32. The van der Waals surface area contributed by atoms with Gasteiger partial charge in [-0.3, -0.25) is 4.79 Å². The van der Waals surface area contributed by atoms with E-state index in [0.29, 0.717) is 19.6 Å². The topological polar surface area (TPSA) is 46.6 Å². The van der Waals surface area contributed by atoms with Gasteiger partial charge in [-0.1, -0.05) is 12.8 Å². The quantitative estimate of drug-likeness (QED) is 0.544. The van der Waals surface area contributed by atoms with Crippen LogP contribution in [-0.4, -0.2) is 29.9 Å². The van der Waals surface area contributed by atoms with E-state index in [2.05, 4.69) is 0 Å². The molecular weight excluding hydrogens is 206 g/mol.